The molecule has 7 rings (SSSR count). The van der Waals surface area contributed by atoms with Crippen molar-refractivity contribution in [2.45, 2.75) is 12.0 Å². The van der Waals surface area contributed by atoms with Crippen LogP contribution < -0.4 is 23.7 Å². The van der Waals surface area contributed by atoms with Crippen LogP contribution in [0.4, 0.5) is 0 Å². The fourth-order valence-electron chi connectivity index (χ4n) is 6.28. The number of hydrogen-bond donors (Lipinski definition) is 0. The lowest BCUT2D eigenvalue weighted by Crippen LogP contribution is -2.37. The van der Waals surface area contributed by atoms with Gasteiger partial charge in [-0.05, 0) is 53.1 Å². The van der Waals surface area contributed by atoms with Gasteiger partial charge in [-0.3, -0.25) is 9.59 Å². The Morgan fingerprint density at radius 3 is 2.39 bits per heavy atom. The Labute approximate surface area is 234 Å². The number of aromatic nitrogens is 3. The van der Waals surface area contributed by atoms with Crippen molar-refractivity contribution in [3.05, 3.63) is 82.4 Å². The third-order valence-electron chi connectivity index (χ3n) is 8.06. The maximum Gasteiger partial charge on any atom is 0.310 e. The van der Waals surface area contributed by atoms with Crippen LogP contribution in [-0.2, 0) is 9.53 Å². The van der Waals surface area contributed by atoms with Gasteiger partial charge in [-0.25, -0.2) is 4.68 Å². The predicted molar refractivity (Wildman–Crippen MR) is 142 cm³/mol. The second-order valence-electron chi connectivity index (χ2n) is 10.0. The van der Waals surface area contributed by atoms with Crippen molar-refractivity contribution in [3.63, 3.8) is 0 Å². The predicted octanol–water partition coefficient (Wildman–Crippen LogP) is 3.39. The van der Waals surface area contributed by atoms with Crippen LogP contribution in [0.25, 0.3) is 0 Å². The third-order valence-corrected chi connectivity index (χ3v) is 8.06. The lowest BCUT2D eigenvalue weighted by Gasteiger charge is -2.39. The summed E-state index contributed by atoms with van der Waals surface area (Å²) in [6, 6.07) is 7.06. The molecule has 208 valence electrons. The van der Waals surface area contributed by atoms with E-state index in [0.29, 0.717) is 34.3 Å². The maximum absolute atomic E-state index is 13.4. The summed E-state index contributed by atoms with van der Waals surface area (Å²) in [4.78, 5) is 26.4. The van der Waals surface area contributed by atoms with E-state index in [4.69, 9.17) is 28.4 Å². The molecule has 0 unspecified atom stereocenters. The molecule has 2 aromatic carbocycles. The molecule has 0 saturated carbocycles. The number of carbonyl (C=O) groups is 2. The Bertz CT molecular complexity index is 1670. The third kappa shape index (κ3) is 3.81. The Balaban J connectivity index is 1.41. The number of nitrogens with zero attached hydrogens (tertiary/aromatic N) is 3. The van der Waals surface area contributed by atoms with Crippen LogP contribution in [0.5, 0.6) is 28.7 Å². The minimum atomic E-state index is -0.581. The van der Waals surface area contributed by atoms with Crippen molar-refractivity contribution in [2.24, 2.45) is 11.8 Å². The number of rotatable bonds is 7. The molecule has 2 aliphatic carbocycles. The highest BCUT2D eigenvalue weighted by atomic mass is 16.7. The first-order valence-corrected chi connectivity index (χ1v) is 13.0. The van der Waals surface area contributed by atoms with Crippen molar-refractivity contribution >= 4 is 11.8 Å². The normalized spacial score (nSPS) is 23.1. The zero-order valence-electron chi connectivity index (χ0n) is 22.5. The van der Waals surface area contributed by atoms with E-state index in [0.717, 1.165) is 16.7 Å². The standard InChI is InChI=1S/C30H25N3O8/c1-36-23-8-16(9-24(37-2)29(23)38-3)25-17-10-21-22(41-14-40-21)11-18(17)27(19-13-39-30(35)26(19)25)33-12-20(31-32-33)28(34)15-6-4-5-7-15/h4-6,8-12,19,25-27H,13-14H2,1-3H3/t19-,25+,26-,27+/m0/s1. The number of fused-ring (bicyclic) bond motifs is 3. The summed E-state index contributed by atoms with van der Waals surface area (Å²) in [5.74, 6) is 0.597. The van der Waals surface area contributed by atoms with Gasteiger partial charge in [-0.15, -0.1) is 10.8 Å². The molecule has 1 saturated heterocycles. The van der Waals surface area contributed by atoms with Crippen LogP contribution in [0.2, 0.25) is 0 Å². The monoisotopic (exact) mass is 555 g/mol. The summed E-state index contributed by atoms with van der Waals surface area (Å²) in [5, 5.41) is 8.54. The quantitative estimate of drug-likeness (QED) is 0.244. The number of carbonyl (C=O) groups excluding carboxylic acids is 2. The Morgan fingerprint density at radius 1 is 1.00 bits per heavy atom. The van der Waals surface area contributed by atoms with Crippen LogP contribution in [0.15, 0.2) is 60.0 Å². The molecule has 4 atom stereocenters. The SMILES string of the molecule is COc1cc([C@@H]2c3cc4c(cc3[C@@H](n3cc(C(=O)C5=C=CC=C5)nn3)[C@H]3COC(=O)[C@H]23)OCO4)cc(OC)c1OC. The number of cyclic esters (lactones) is 1. The van der Waals surface area contributed by atoms with E-state index >= 15 is 0 Å². The summed E-state index contributed by atoms with van der Waals surface area (Å²) in [6.45, 7) is 0.257. The van der Waals surface area contributed by atoms with E-state index in [2.05, 4.69) is 16.0 Å². The number of ketones is 1. The van der Waals surface area contributed by atoms with Crippen LogP contribution in [0, 0.1) is 11.8 Å². The number of esters is 1. The molecular formula is C30H25N3O8. The summed E-state index contributed by atoms with van der Waals surface area (Å²) < 4.78 is 35.6. The topological polar surface area (TPSA) is 120 Å². The molecule has 11 heteroatoms. The van der Waals surface area contributed by atoms with E-state index in [9.17, 15) is 9.59 Å². The van der Waals surface area contributed by atoms with Crippen molar-refractivity contribution in [2.75, 3.05) is 34.7 Å². The van der Waals surface area contributed by atoms with Crippen LogP contribution in [-0.4, -0.2) is 61.5 Å². The van der Waals surface area contributed by atoms with Gasteiger partial charge in [0.25, 0.3) is 0 Å². The van der Waals surface area contributed by atoms with Gasteiger partial charge in [0, 0.05) is 11.8 Å². The lowest BCUT2D eigenvalue weighted by atomic mass is 9.65. The first-order valence-electron chi connectivity index (χ1n) is 13.0. The second kappa shape index (κ2) is 9.57. The molecule has 0 spiro atoms. The minimum Gasteiger partial charge on any atom is -0.493 e. The highest BCUT2D eigenvalue weighted by Gasteiger charge is 2.53. The minimum absolute atomic E-state index is 0.0881. The molecule has 0 radical (unpaired) electrons. The molecular weight excluding hydrogens is 530 g/mol. The largest absolute Gasteiger partial charge is 0.493 e. The molecule has 3 aromatic rings. The highest BCUT2D eigenvalue weighted by Crippen LogP contribution is 2.56. The molecule has 1 fully saturated rings. The highest BCUT2D eigenvalue weighted by molar-refractivity contribution is 6.09. The molecule has 0 amide bonds. The molecule has 1 aromatic heterocycles. The summed E-state index contributed by atoms with van der Waals surface area (Å²) in [5.41, 5.74) is 5.98. The Morgan fingerprint density at radius 2 is 1.73 bits per heavy atom. The zero-order valence-corrected chi connectivity index (χ0v) is 22.5. The van der Waals surface area contributed by atoms with Crippen LogP contribution >= 0.6 is 0 Å². The van der Waals surface area contributed by atoms with Gasteiger partial charge in [-0.2, -0.15) is 0 Å². The Kier molecular flexibility index (Phi) is 5.83. The van der Waals surface area contributed by atoms with Gasteiger partial charge in [0.1, 0.15) is 0 Å². The van der Waals surface area contributed by atoms with Gasteiger partial charge in [0.15, 0.2) is 28.7 Å². The van der Waals surface area contributed by atoms with Gasteiger partial charge in [0.2, 0.25) is 18.3 Å². The average Bonchev–Trinajstić information content (AvgIpc) is 3.82. The zero-order chi connectivity index (χ0) is 28.2. The van der Waals surface area contributed by atoms with Gasteiger partial charge in [-0.1, -0.05) is 11.3 Å². The molecule has 2 aliphatic heterocycles. The number of allylic oxidation sites excluding steroid dienone is 3. The van der Waals surface area contributed by atoms with E-state index in [1.807, 2.05) is 24.3 Å². The van der Waals surface area contributed by atoms with Crippen molar-refractivity contribution < 1.29 is 38.0 Å². The number of hydrogen-bond acceptors (Lipinski definition) is 10. The molecule has 41 heavy (non-hydrogen) atoms. The number of Topliss-reactive ketones (excluding diaryl/α,β-unsaturated/α-hetero) is 1. The van der Waals surface area contributed by atoms with Gasteiger partial charge >= 0.3 is 5.97 Å². The van der Waals surface area contributed by atoms with Crippen molar-refractivity contribution in [1.29, 1.82) is 0 Å². The number of benzene rings is 2. The van der Waals surface area contributed by atoms with Crippen LogP contribution in [0.1, 0.15) is 39.1 Å². The lowest BCUT2D eigenvalue weighted by molar-refractivity contribution is -0.141. The fourth-order valence-corrected chi connectivity index (χ4v) is 6.28. The molecule has 0 bridgehead atoms. The van der Waals surface area contributed by atoms with Gasteiger partial charge < -0.3 is 28.4 Å². The summed E-state index contributed by atoms with van der Waals surface area (Å²) in [6.07, 6.45) is 6.71. The number of methoxy groups -OCH3 is 3. The smallest absolute Gasteiger partial charge is 0.310 e. The molecule has 11 nitrogen and oxygen atoms in total. The average molecular weight is 556 g/mol. The van der Waals surface area contributed by atoms with Gasteiger partial charge in [0.05, 0.1) is 51.7 Å². The van der Waals surface area contributed by atoms with E-state index in [1.54, 1.807) is 50.4 Å². The van der Waals surface area contributed by atoms with Crippen molar-refractivity contribution in [3.8, 4) is 28.7 Å². The maximum atomic E-state index is 13.4. The van der Waals surface area contributed by atoms with E-state index in [-0.39, 0.29) is 36.8 Å². The number of ether oxygens (including phenoxy) is 6. The van der Waals surface area contributed by atoms with E-state index < -0.39 is 17.9 Å². The van der Waals surface area contributed by atoms with Crippen LogP contribution in [0.3, 0.4) is 0 Å². The summed E-state index contributed by atoms with van der Waals surface area (Å²) in [7, 11) is 4.64. The molecule has 4 aliphatic rings. The Hall–Kier alpha value is -5.02. The molecule has 0 N–H and O–H groups in total. The summed E-state index contributed by atoms with van der Waals surface area (Å²) >= 11 is 0. The first-order chi connectivity index (χ1) is 20.0. The molecule has 3 heterocycles. The fraction of sp³-hybridized carbons (Fsp3) is 0.300. The van der Waals surface area contributed by atoms with E-state index in [1.165, 1.54) is 0 Å². The first kappa shape index (κ1) is 25.0. The van der Waals surface area contributed by atoms with Crippen molar-refractivity contribution in [1.82, 2.24) is 15.0 Å². The second-order valence-corrected chi connectivity index (χ2v) is 10.0.